The van der Waals surface area contributed by atoms with Gasteiger partial charge in [0, 0.05) is 30.8 Å². The van der Waals surface area contributed by atoms with Gasteiger partial charge in [-0.3, -0.25) is 4.79 Å². The van der Waals surface area contributed by atoms with Gasteiger partial charge >= 0.3 is 6.61 Å². The van der Waals surface area contributed by atoms with Gasteiger partial charge in [-0.2, -0.15) is 8.78 Å². The van der Waals surface area contributed by atoms with Gasteiger partial charge in [0.25, 0.3) is 5.91 Å². The molecule has 168 valence electrons. The molecule has 3 N–H and O–H groups in total. The van der Waals surface area contributed by atoms with Crippen molar-refractivity contribution in [3.8, 4) is 11.5 Å². The molecule has 0 aromatic heterocycles. The number of nitrogens with one attached hydrogen (secondary N) is 3. The minimum atomic E-state index is -2.92. The molecular formula is C22H28F2N4O3. The van der Waals surface area contributed by atoms with Crippen molar-refractivity contribution in [3.05, 3.63) is 59.2 Å². The SMILES string of the molecule is CCNC(=O)c1cccc(CN=C(NCC)NCc2cc(OC)ccc2OC(F)F)c1. The Bertz CT molecular complexity index is 891. The van der Waals surface area contributed by atoms with E-state index in [-0.39, 0.29) is 18.2 Å². The van der Waals surface area contributed by atoms with Crippen molar-refractivity contribution < 1.29 is 23.0 Å². The monoisotopic (exact) mass is 434 g/mol. The number of rotatable bonds is 10. The van der Waals surface area contributed by atoms with E-state index in [1.165, 1.54) is 13.2 Å². The van der Waals surface area contributed by atoms with Crippen LogP contribution in [-0.2, 0) is 13.1 Å². The highest BCUT2D eigenvalue weighted by molar-refractivity contribution is 5.94. The van der Waals surface area contributed by atoms with Crippen LogP contribution in [0.4, 0.5) is 8.78 Å². The molecule has 0 saturated carbocycles. The Labute approximate surface area is 180 Å². The molecule has 0 fully saturated rings. The zero-order valence-corrected chi connectivity index (χ0v) is 17.9. The first-order valence-corrected chi connectivity index (χ1v) is 9.97. The largest absolute Gasteiger partial charge is 0.497 e. The number of amides is 1. The molecule has 0 spiro atoms. The van der Waals surface area contributed by atoms with Crippen LogP contribution in [-0.4, -0.2) is 38.7 Å². The highest BCUT2D eigenvalue weighted by Gasteiger charge is 2.12. The van der Waals surface area contributed by atoms with E-state index in [1.807, 2.05) is 19.9 Å². The lowest BCUT2D eigenvalue weighted by Gasteiger charge is -2.15. The van der Waals surface area contributed by atoms with Gasteiger partial charge in [-0.05, 0) is 49.7 Å². The maximum atomic E-state index is 12.7. The van der Waals surface area contributed by atoms with Gasteiger partial charge in [-0.15, -0.1) is 0 Å². The molecule has 2 aromatic carbocycles. The number of carbonyl (C=O) groups is 1. The predicted octanol–water partition coefficient (Wildman–Crippen LogP) is 3.30. The lowest BCUT2D eigenvalue weighted by molar-refractivity contribution is -0.0505. The standard InChI is InChI=1S/C22H28F2N4O3/c1-4-25-20(29)16-8-6-7-15(11-16)13-27-22(26-5-2)28-14-17-12-18(30-3)9-10-19(17)31-21(23)24/h6-12,21H,4-5,13-14H2,1-3H3,(H,25,29)(H2,26,27,28). The summed E-state index contributed by atoms with van der Waals surface area (Å²) < 4.78 is 35.2. The second kappa shape index (κ2) is 12.4. The van der Waals surface area contributed by atoms with E-state index in [9.17, 15) is 13.6 Å². The van der Waals surface area contributed by atoms with Crippen LogP contribution in [0.15, 0.2) is 47.5 Å². The van der Waals surface area contributed by atoms with Crippen LogP contribution in [0.3, 0.4) is 0 Å². The molecule has 31 heavy (non-hydrogen) atoms. The Morgan fingerprint density at radius 3 is 2.52 bits per heavy atom. The van der Waals surface area contributed by atoms with Crippen LogP contribution in [0.5, 0.6) is 11.5 Å². The van der Waals surface area contributed by atoms with E-state index in [0.29, 0.717) is 42.5 Å². The van der Waals surface area contributed by atoms with Crippen LogP contribution in [0.1, 0.15) is 35.3 Å². The van der Waals surface area contributed by atoms with Crippen molar-refractivity contribution in [1.82, 2.24) is 16.0 Å². The number of benzene rings is 2. The van der Waals surface area contributed by atoms with E-state index in [2.05, 4.69) is 25.7 Å². The third-order valence-corrected chi connectivity index (χ3v) is 4.22. The van der Waals surface area contributed by atoms with Gasteiger partial charge < -0.3 is 25.4 Å². The molecule has 1 amide bonds. The third kappa shape index (κ3) is 7.76. The number of hydrogen-bond donors (Lipinski definition) is 3. The summed E-state index contributed by atoms with van der Waals surface area (Å²) in [5.41, 5.74) is 1.94. The number of carbonyl (C=O) groups excluding carboxylic acids is 1. The average Bonchev–Trinajstić information content (AvgIpc) is 2.76. The van der Waals surface area contributed by atoms with E-state index in [4.69, 9.17) is 4.74 Å². The number of ether oxygens (including phenoxy) is 2. The number of alkyl halides is 2. The zero-order chi connectivity index (χ0) is 22.6. The number of nitrogens with zero attached hydrogens (tertiary/aromatic N) is 1. The smallest absolute Gasteiger partial charge is 0.387 e. The Morgan fingerprint density at radius 1 is 1.06 bits per heavy atom. The number of guanidine groups is 1. The summed E-state index contributed by atoms with van der Waals surface area (Å²) in [5.74, 6) is 0.955. The highest BCUT2D eigenvalue weighted by Crippen LogP contribution is 2.25. The molecule has 0 aliphatic heterocycles. The van der Waals surface area contributed by atoms with Crippen molar-refractivity contribution in [2.45, 2.75) is 33.5 Å². The summed E-state index contributed by atoms with van der Waals surface area (Å²) in [6, 6.07) is 11.8. The minimum Gasteiger partial charge on any atom is -0.497 e. The zero-order valence-electron chi connectivity index (χ0n) is 17.9. The fraction of sp³-hybridized carbons (Fsp3) is 0.364. The molecule has 0 radical (unpaired) electrons. The van der Waals surface area contributed by atoms with Crippen molar-refractivity contribution >= 4 is 11.9 Å². The molecule has 9 heteroatoms. The summed E-state index contributed by atoms with van der Waals surface area (Å²) in [5, 5.41) is 8.98. The fourth-order valence-electron chi connectivity index (χ4n) is 2.80. The maximum Gasteiger partial charge on any atom is 0.387 e. The molecule has 0 aliphatic rings. The number of aliphatic imine (C=N–C) groups is 1. The number of methoxy groups -OCH3 is 1. The first-order chi connectivity index (χ1) is 15.0. The molecular weight excluding hydrogens is 406 g/mol. The van der Waals surface area contributed by atoms with Gasteiger partial charge in [0.2, 0.25) is 0 Å². The van der Waals surface area contributed by atoms with E-state index in [0.717, 1.165) is 5.56 Å². The molecule has 2 rings (SSSR count). The first kappa shape index (κ1) is 23.9. The molecule has 0 heterocycles. The maximum absolute atomic E-state index is 12.7. The quantitative estimate of drug-likeness (QED) is 0.395. The molecule has 7 nitrogen and oxygen atoms in total. The Hall–Kier alpha value is -3.36. The molecule has 0 unspecified atom stereocenters. The average molecular weight is 434 g/mol. The second-order valence-electron chi connectivity index (χ2n) is 6.46. The Morgan fingerprint density at radius 2 is 1.84 bits per heavy atom. The molecule has 2 aromatic rings. The highest BCUT2D eigenvalue weighted by atomic mass is 19.3. The molecule has 0 saturated heterocycles. The summed E-state index contributed by atoms with van der Waals surface area (Å²) in [6.45, 7) is 2.56. The van der Waals surface area contributed by atoms with Crippen LogP contribution in [0.2, 0.25) is 0 Å². The van der Waals surface area contributed by atoms with Crippen molar-refractivity contribution in [2.24, 2.45) is 4.99 Å². The summed E-state index contributed by atoms with van der Waals surface area (Å²) in [4.78, 5) is 16.5. The topological polar surface area (TPSA) is 84.0 Å². The van der Waals surface area contributed by atoms with Crippen molar-refractivity contribution in [2.75, 3.05) is 20.2 Å². The summed E-state index contributed by atoms with van der Waals surface area (Å²) in [7, 11) is 1.50. The van der Waals surface area contributed by atoms with Crippen LogP contribution in [0.25, 0.3) is 0 Å². The minimum absolute atomic E-state index is 0.0637. The molecule has 0 bridgehead atoms. The van der Waals surface area contributed by atoms with Crippen molar-refractivity contribution in [3.63, 3.8) is 0 Å². The number of hydrogen-bond acceptors (Lipinski definition) is 4. The first-order valence-electron chi connectivity index (χ1n) is 9.97. The summed E-state index contributed by atoms with van der Waals surface area (Å²) in [6.07, 6.45) is 0. The normalized spacial score (nSPS) is 11.2. The predicted molar refractivity (Wildman–Crippen MR) is 116 cm³/mol. The fourth-order valence-corrected chi connectivity index (χ4v) is 2.80. The second-order valence-corrected chi connectivity index (χ2v) is 6.46. The van der Waals surface area contributed by atoms with Gasteiger partial charge in [0.05, 0.1) is 13.7 Å². The summed E-state index contributed by atoms with van der Waals surface area (Å²) >= 11 is 0. The lowest BCUT2D eigenvalue weighted by Crippen LogP contribution is -2.36. The third-order valence-electron chi connectivity index (χ3n) is 4.22. The molecule has 0 aliphatic carbocycles. The van der Waals surface area contributed by atoms with E-state index in [1.54, 1.807) is 30.3 Å². The van der Waals surface area contributed by atoms with Gasteiger partial charge in [0.1, 0.15) is 11.5 Å². The lowest BCUT2D eigenvalue weighted by atomic mass is 10.1. The van der Waals surface area contributed by atoms with Gasteiger partial charge in [0.15, 0.2) is 5.96 Å². The Balaban J connectivity index is 2.12. The van der Waals surface area contributed by atoms with E-state index < -0.39 is 6.61 Å². The van der Waals surface area contributed by atoms with Gasteiger partial charge in [-0.1, -0.05) is 12.1 Å². The van der Waals surface area contributed by atoms with Crippen molar-refractivity contribution in [1.29, 1.82) is 0 Å². The van der Waals surface area contributed by atoms with Crippen LogP contribution in [0, 0.1) is 0 Å². The van der Waals surface area contributed by atoms with Gasteiger partial charge in [-0.25, -0.2) is 4.99 Å². The Kier molecular flexibility index (Phi) is 9.54. The van der Waals surface area contributed by atoms with Crippen LogP contribution < -0.4 is 25.4 Å². The van der Waals surface area contributed by atoms with Crippen LogP contribution >= 0.6 is 0 Å². The van der Waals surface area contributed by atoms with E-state index >= 15 is 0 Å². The molecule has 0 atom stereocenters. The number of halogens is 2.